The predicted molar refractivity (Wildman–Crippen MR) is 91.0 cm³/mol. The fourth-order valence-electron chi connectivity index (χ4n) is 1.99. The number of Topliss-reactive ketones (excluding diaryl/α,β-unsaturated/α-hetero) is 1. The number of carbonyl (C=O) groups excluding carboxylic acids is 3. The number of halogens is 3. The van der Waals surface area contributed by atoms with E-state index < -0.39 is 30.1 Å². The van der Waals surface area contributed by atoms with E-state index in [1.54, 1.807) is 12.1 Å². The average Bonchev–Trinajstić information content (AvgIpc) is 2.61. The third kappa shape index (κ3) is 5.93. The molecule has 26 heavy (non-hydrogen) atoms. The summed E-state index contributed by atoms with van der Waals surface area (Å²) in [5.41, 5.74) is 0.0467. The van der Waals surface area contributed by atoms with E-state index in [1.165, 1.54) is 12.1 Å². The van der Waals surface area contributed by atoms with Gasteiger partial charge < -0.3 is 10.1 Å². The van der Waals surface area contributed by atoms with Crippen LogP contribution in [0.4, 0.5) is 14.5 Å². The highest BCUT2D eigenvalue weighted by atomic mass is 35.5. The van der Waals surface area contributed by atoms with Crippen LogP contribution < -0.4 is 5.32 Å². The maximum atomic E-state index is 13.4. The van der Waals surface area contributed by atoms with Crippen molar-refractivity contribution in [1.29, 1.82) is 0 Å². The SMILES string of the molecule is O=C(COC(=O)CCC(=O)c1ccc(Cl)cc1)Nc1cc(F)ccc1F. The van der Waals surface area contributed by atoms with Crippen molar-refractivity contribution < 1.29 is 27.9 Å². The van der Waals surface area contributed by atoms with Gasteiger partial charge in [-0.2, -0.15) is 0 Å². The fourth-order valence-corrected chi connectivity index (χ4v) is 2.12. The van der Waals surface area contributed by atoms with Gasteiger partial charge in [0.05, 0.1) is 12.1 Å². The molecule has 8 heteroatoms. The van der Waals surface area contributed by atoms with Crippen molar-refractivity contribution >= 4 is 34.9 Å². The van der Waals surface area contributed by atoms with Gasteiger partial charge in [0.25, 0.3) is 5.91 Å². The molecule has 1 N–H and O–H groups in total. The Morgan fingerprint density at radius 3 is 2.38 bits per heavy atom. The highest BCUT2D eigenvalue weighted by Gasteiger charge is 2.13. The van der Waals surface area contributed by atoms with E-state index in [9.17, 15) is 23.2 Å². The van der Waals surface area contributed by atoms with Gasteiger partial charge in [0.2, 0.25) is 0 Å². The number of benzene rings is 2. The number of amides is 1. The normalized spacial score (nSPS) is 10.3. The van der Waals surface area contributed by atoms with Gasteiger partial charge in [-0.3, -0.25) is 14.4 Å². The maximum Gasteiger partial charge on any atom is 0.306 e. The maximum absolute atomic E-state index is 13.4. The molecule has 0 heterocycles. The zero-order valence-electron chi connectivity index (χ0n) is 13.4. The van der Waals surface area contributed by atoms with Crippen LogP contribution in [0.1, 0.15) is 23.2 Å². The van der Waals surface area contributed by atoms with Crippen molar-refractivity contribution in [2.45, 2.75) is 12.8 Å². The number of rotatable bonds is 7. The molecule has 0 aromatic heterocycles. The molecule has 0 aliphatic heterocycles. The van der Waals surface area contributed by atoms with E-state index in [4.69, 9.17) is 16.3 Å². The molecule has 0 spiro atoms. The molecule has 0 atom stereocenters. The lowest BCUT2D eigenvalue weighted by Gasteiger charge is -2.07. The predicted octanol–water partition coefficient (Wildman–Crippen LogP) is 3.76. The van der Waals surface area contributed by atoms with Crippen LogP contribution in [-0.4, -0.2) is 24.3 Å². The largest absolute Gasteiger partial charge is 0.456 e. The Kier molecular flexibility index (Phi) is 6.80. The van der Waals surface area contributed by atoms with E-state index in [0.717, 1.165) is 18.2 Å². The summed E-state index contributed by atoms with van der Waals surface area (Å²) < 4.78 is 31.1. The van der Waals surface area contributed by atoms with Gasteiger partial charge in [-0.1, -0.05) is 11.6 Å². The first-order valence-corrected chi connectivity index (χ1v) is 7.92. The van der Waals surface area contributed by atoms with Crippen LogP contribution in [0.15, 0.2) is 42.5 Å². The molecule has 0 aliphatic rings. The van der Waals surface area contributed by atoms with Crippen molar-refractivity contribution in [2.75, 3.05) is 11.9 Å². The Balaban J connectivity index is 1.75. The van der Waals surface area contributed by atoms with Gasteiger partial charge in [0.15, 0.2) is 12.4 Å². The van der Waals surface area contributed by atoms with E-state index in [1.807, 2.05) is 0 Å². The number of nitrogens with one attached hydrogen (secondary N) is 1. The number of esters is 1. The van der Waals surface area contributed by atoms with Crippen LogP contribution >= 0.6 is 11.6 Å². The molecule has 0 saturated heterocycles. The van der Waals surface area contributed by atoms with Crippen molar-refractivity contribution in [3.63, 3.8) is 0 Å². The molecule has 0 fully saturated rings. The lowest BCUT2D eigenvalue weighted by molar-refractivity contribution is -0.147. The fraction of sp³-hybridized carbons (Fsp3) is 0.167. The third-order valence-electron chi connectivity index (χ3n) is 3.29. The summed E-state index contributed by atoms with van der Waals surface area (Å²) in [7, 11) is 0. The van der Waals surface area contributed by atoms with Crippen molar-refractivity contribution in [2.24, 2.45) is 0 Å². The Bertz CT molecular complexity index is 824. The van der Waals surface area contributed by atoms with Gasteiger partial charge in [0.1, 0.15) is 11.6 Å². The minimum absolute atomic E-state index is 0.0966. The second-order valence-electron chi connectivity index (χ2n) is 5.26. The molecular formula is C18H14ClF2NO4. The molecule has 5 nitrogen and oxygen atoms in total. The molecule has 2 aromatic carbocycles. The topological polar surface area (TPSA) is 72.5 Å². The first kappa shape index (κ1) is 19.5. The van der Waals surface area contributed by atoms with Gasteiger partial charge >= 0.3 is 5.97 Å². The molecule has 0 radical (unpaired) electrons. The number of ketones is 1. The summed E-state index contributed by atoms with van der Waals surface area (Å²) in [6.45, 7) is -0.677. The number of hydrogen-bond acceptors (Lipinski definition) is 4. The van der Waals surface area contributed by atoms with Gasteiger partial charge in [-0.25, -0.2) is 8.78 Å². The quantitative estimate of drug-likeness (QED) is 0.585. The molecule has 0 saturated carbocycles. The summed E-state index contributed by atoms with van der Waals surface area (Å²) in [5, 5.41) is 2.58. The van der Waals surface area contributed by atoms with Crippen LogP contribution in [0.5, 0.6) is 0 Å². The second-order valence-corrected chi connectivity index (χ2v) is 5.70. The minimum Gasteiger partial charge on any atom is -0.456 e. The Labute approximate surface area is 152 Å². The Morgan fingerprint density at radius 1 is 1.00 bits per heavy atom. The molecule has 2 rings (SSSR count). The standard InChI is InChI=1S/C18H14ClF2NO4/c19-12-3-1-11(2-4-12)16(23)7-8-18(25)26-10-17(24)22-15-9-13(20)5-6-14(15)21/h1-6,9H,7-8,10H2,(H,22,24). The molecule has 2 aromatic rings. The number of anilines is 1. The number of ether oxygens (including phenoxy) is 1. The number of carbonyl (C=O) groups is 3. The van der Waals surface area contributed by atoms with Crippen LogP contribution in [0.3, 0.4) is 0 Å². The monoisotopic (exact) mass is 381 g/mol. The molecule has 0 bridgehead atoms. The lowest BCUT2D eigenvalue weighted by Crippen LogP contribution is -2.21. The average molecular weight is 382 g/mol. The summed E-state index contributed by atoms with van der Waals surface area (Å²) in [4.78, 5) is 35.1. The van der Waals surface area contributed by atoms with Gasteiger partial charge in [0, 0.05) is 23.1 Å². The zero-order valence-corrected chi connectivity index (χ0v) is 14.2. The van der Waals surface area contributed by atoms with Crippen LogP contribution in [0.2, 0.25) is 5.02 Å². The lowest BCUT2D eigenvalue weighted by atomic mass is 10.1. The van der Waals surface area contributed by atoms with Crippen molar-refractivity contribution in [3.8, 4) is 0 Å². The molecule has 136 valence electrons. The first-order valence-electron chi connectivity index (χ1n) is 7.54. The molecule has 0 aliphatic carbocycles. The van der Waals surface area contributed by atoms with Crippen LogP contribution in [0, 0.1) is 11.6 Å². The minimum atomic E-state index is -0.827. The summed E-state index contributed by atoms with van der Waals surface area (Å²) >= 11 is 5.72. The Morgan fingerprint density at radius 2 is 1.69 bits per heavy atom. The summed E-state index contributed by atoms with van der Waals surface area (Å²) in [6, 6.07) is 8.77. The Hall–Kier alpha value is -2.80. The van der Waals surface area contributed by atoms with Crippen molar-refractivity contribution in [3.05, 3.63) is 64.7 Å². The first-order chi connectivity index (χ1) is 12.3. The smallest absolute Gasteiger partial charge is 0.306 e. The van der Waals surface area contributed by atoms with Crippen molar-refractivity contribution in [1.82, 2.24) is 0 Å². The van der Waals surface area contributed by atoms with E-state index in [2.05, 4.69) is 5.32 Å². The van der Waals surface area contributed by atoms with Crippen LogP contribution in [-0.2, 0) is 14.3 Å². The highest BCUT2D eigenvalue weighted by molar-refractivity contribution is 6.30. The van der Waals surface area contributed by atoms with E-state index in [-0.39, 0.29) is 24.3 Å². The van der Waals surface area contributed by atoms with Gasteiger partial charge in [-0.15, -0.1) is 0 Å². The number of hydrogen-bond donors (Lipinski definition) is 1. The van der Waals surface area contributed by atoms with Gasteiger partial charge in [-0.05, 0) is 36.4 Å². The van der Waals surface area contributed by atoms with E-state index in [0.29, 0.717) is 10.6 Å². The van der Waals surface area contributed by atoms with Crippen LogP contribution in [0.25, 0.3) is 0 Å². The zero-order chi connectivity index (χ0) is 19.1. The summed E-state index contributed by atoms with van der Waals surface area (Å²) in [5.74, 6) is -3.40. The van der Waals surface area contributed by atoms with E-state index >= 15 is 0 Å². The molecule has 0 unspecified atom stereocenters. The summed E-state index contributed by atoms with van der Waals surface area (Å²) in [6.07, 6.45) is -0.316. The third-order valence-corrected chi connectivity index (χ3v) is 3.54. The molecule has 1 amide bonds. The molecular weight excluding hydrogens is 368 g/mol. The highest BCUT2D eigenvalue weighted by Crippen LogP contribution is 2.15. The second kappa shape index (κ2) is 9.05.